The second-order valence-electron chi connectivity index (χ2n) is 5.56. The van der Waals surface area contributed by atoms with E-state index >= 15 is 0 Å². The number of rotatable bonds is 1. The molecule has 3 nitrogen and oxygen atoms in total. The van der Waals surface area contributed by atoms with Gasteiger partial charge in [0.05, 0.1) is 5.92 Å². The Morgan fingerprint density at radius 1 is 1.29 bits per heavy atom. The lowest BCUT2D eigenvalue weighted by Crippen LogP contribution is -2.46. The van der Waals surface area contributed by atoms with Gasteiger partial charge in [-0.25, -0.2) is 4.79 Å². The number of nitrogens with one attached hydrogen (secondary N) is 1. The Kier molecular flexibility index (Phi) is 4.44. The molecular weight excluding hydrogens is 281 g/mol. The maximum atomic E-state index is 12.7. The van der Waals surface area contributed by atoms with E-state index in [9.17, 15) is 18.0 Å². The van der Waals surface area contributed by atoms with Crippen LogP contribution in [0, 0.1) is 19.8 Å². The van der Waals surface area contributed by atoms with Gasteiger partial charge in [0, 0.05) is 18.8 Å². The minimum absolute atomic E-state index is 0.0942. The average molecular weight is 300 g/mol. The highest BCUT2D eigenvalue weighted by atomic mass is 19.4. The number of nitrogens with zero attached hydrogens (tertiary/aromatic N) is 1. The molecule has 6 heteroatoms. The third-order valence-electron chi connectivity index (χ3n) is 3.93. The second-order valence-corrected chi connectivity index (χ2v) is 5.56. The smallest absolute Gasteiger partial charge is 0.324 e. The Morgan fingerprint density at radius 3 is 2.62 bits per heavy atom. The van der Waals surface area contributed by atoms with Crippen LogP contribution in [-0.2, 0) is 0 Å². The van der Waals surface area contributed by atoms with Crippen molar-refractivity contribution in [3.63, 3.8) is 0 Å². The van der Waals surface area contributed by atoms with Gasteiger partial charge in [0.25, 0.3) is 0 Å². The predicted molar refractivity (Wildman–Crippen MR) is 75.3 cm³/mol. The minimum Gasteiger partial charge on any atom is -0.324 e. The molecule has 1 N–H and O–H groups in total. The summed E-state index contributed by atoms with van der Waals surface area (Å²) in [5, 5.41) is 2.67. The van der Waals surface area contributed by atoms with E-state index in [1.807, 2.05) is 26.0 Å². The molecular formula is C15H19F3N2O. The first-order valence-corrected chi connectivity index (χ1v) is 6.97. The van der Waals surface area contributed by atoms with E-state index in [0.717, 1.165) is 11.1 Å². The SMILES string of the molecule is Cc1ccc(NC(=O)N2CCC[C@H](C(F)(F)F)C2)cc1C. The third-order valence-corrected chi connectivity index (χ3v) is 3.93. The Morgan fingerprint density at radius 2 is 2.00 bits per heavy atom. The summed E-state index contributed by atoms with van der Waals surface area (Å²) >= 11 is 0. The zero-order valence-electron chi connectivity index (χ0n) is 12.1. The van der Waals surface area contributed by atoms with Gasteiger partial charge in [0.2, 0.25) is 0 Å². The number of urea groups is 1. The molecule has 0 unspecified atom stereocenters. The highest BCUT2D eigenvalue weighted by Gasteiger charge is 2.42. The summed E-state index contributed by atoms with van der Waals surface area (Å²) in [5.74, 6) is -1.42. The average Bonchev–Trinajstić information content (AvgIpc) is 2.42. The molecule has 1 aliphatic heterocycles. The van der Waals surface area contributed by atoms with Gasteiger partial charge in [-0.1, -0.05) is 6.07 Å². The first-order chi connectivity index (χ1) is 9.77. The number of benzene rings is 1. The maximum absolute atomic E-state index is 12.7. The molecule has 0 aromatic heterocycles. The van der Waals surface area contributed by atoms with Gasteiger partial charge in [-0.2, -0.15) is 13.2 Å². The van der Waals surface area contributed by atoms with Crippen LogP contribution in [0.15, 0.2) is 18.2 Å². The molecule has 21 heavy (non-hydrogen) atoms. The molecule has 0 saturated carbocycles. The van der Waals surface area contributed by atoms with Gasteiger partial charge in [-0.15, -0.1) is 0 Å². The predicted octanol–water partition coefficient (Wildman–Crippen LogP) is 4.11. The van der Waals surface area contributed by atoms with E-state index in [-0.39, 0.29) is 13.0 Å². The molecule has 0 aliphatic carbocycles. The van der Waals surface area contributed by atoms with Crippen molar-refractivity contribution in [3.8, 4) is 0 Å². The van der Waals surface area contributed by atoms with E-state index in [1.54, 1.807) is 6.07 Å². The molecule has 1 aromatic carbocycles. The Labute approximate surface area is 122 Å². The van der Waals surface area contributed by atoms with Crippen molar-refractivity contribution in [3.05, 3.63) is 29.3 Å². The number of amides is 2. The first kappa shape index (κ1) is 15.7. The number of halogens is 3. The monoisotopic (exact) mass is 300 g/mol. The van der Waals surface area contributed by atoms with Crippen molar-refractivity contribution < 1.29 is 18.0 Å². The van der Waals surface area contributed by atoms with Crippen LogP contribution in [0.3, 0.4) is 0 Å². The fourth-order valence-electron chi connectivity index (χ4n) is 2.45. The molecule has 2 rings (SSSR count). The summed E-state index contributed by atoms with van der Waals surface area (Å²) in [7, 11) is 0. The number of hydrogen-bond donors (Lipinski definition) is 1. The van der Waals surface area contributed by atoms with Crippen molar-refractivity contribution in [1.82, 2.24) is 4.90 Å². The molecule has 1 atom stereocenters. The van der Waals surface area contributed by atoms with Crippen LogP contribution >= 0.6 is 0 Å². The highest BCUT2D eigenvalue weighted by Crippen LogP contribution is 2.33. The lowest BCUT2D eigenvalue weighted by atomic mass is 9.98. The minimum atomic E-state index is -4.24. The fraction of sp³-hybridized carbons (Fsp3) is 0.533. The van der Waals surface area contributed by atoms with Crippen molar-refractivity contribution in [2.24, 2.45) is 5.92 Å². The summed E-state index contributed by atoms with van der Waals surface area (Å²) in [5.41, 5.74) is 2.74. The van der Waals surface area contributed by atoms with Crippen LogP contribution < -0.4 is 5.32 Å². The third kappa shape index (κ3) is 3.89. The van der Waals surface area contributed by atoms with Crippen LogP contribution in [0.2, 0.25) is 0 Å². The number of anilines is 1. The zero-order valence-corrected chi connectivity index (χ0v) is 12.1. The summed E-state index contributed by atoms with van der Waals surface area (Å²) in [6.07, 6.45) is -3.76. The van der Waals surface area contributed by atoms with Gasteiger partial charge >= 0.3 is 12.2 Å². The molecule has 0 spiro atoms. The summed E-state index contributed by atoms with van der Waals surface area (Å²) in [6.45, 7) is 3.98. The van der Waals surface area contributed by atoms with E-state index in [0.29, 0.717) is 18.7 Å². The van der Waals surface area contributed by atoms with Crippen LogP contribution in [0.4, 0.5) is 23.7 Å². The van der Waals surface area contributed by atoms with Gasteiger partial charge < -0.3 is 10.2 Å². The topological polar surface area (TPSA) is 32.3 Å². The first-order valence-electron chi connectivity index (χ1n) is 6.97. The molecule has 1 fully saturated rings. The number of carbonyl (C=O) groups is 1. The maximum Gasteiger partial charge on any atom is 0.393 e. The quantitative estimate of drug-likeness (QED) is 0.831. The molecule has 116 valence electrons. The molecule has 1 aliphatic rings. The van der Waals surface area contributed by atoms with Crippen molar-refractivity contribution in [1.29, 1.82) is 0 Å². The van der Waals surface area contributed by atoms with E-state index in [1.165, 1.54) is 4.90 Å². The van der Waals surface area contributed by atoms with E-state index < -0.39 is 18.1 Å². The molecule has 2 amide bonds. The Bertz CT molecular complexity index is 528. The van der Waals surface area contributed by atoms with Gasteiger partial charge in [-0.3, -0.25) is 0 Å². The fourth-order valence-corrected chi connectivity index (χ4v) is 2.45. The highest BCUT2D eigenvalue weighted by molar-refractivity contribution is 5.89. The van der Waals surface area contributed by atoms with Gasteiger partial charge in [0.1, 0.15) is 0 Å². The number of aryl methyl sites for hydroxylation is 2. The van der Waals surface area contributed by atoms with Crippen molar-refractivity contribution in [2.45, 2.75) is 32.9 Å². The Hall–Kier alpha value is -1.72. The molecule has 0 radical (unpaired) electrons. The second kappa shape index (κ2) is 5.95. The van der Waals surface area contributed by atoms with Crippen molar-refractivity contribution in [2.75, 3.05) is 18.4 Å². The van der Waals surface area contributed by atoms with E-state index in [4.69, 9.17) is 0 Å². The van der Waals surface area contributed by atoms with Crippen molar-refractivity contribution >= 4 is 11.7 Å². The number of likely N-dealkylation sites (tertiary alicyclic amines) is 1. The standard InChI is InChI=1S/C15H19F3N2O/c1-10-5-6-13(8-11(10)2)19-14(21)20-7-3-4-12(9-20)15(16,17)18/h5-6,8,12H,3-4,7,9H2,1-2H3,(H,19,21)/t12-/m0/s1. The van der Waals surface area contributed by atoms with Gasteiger partial charge in [-0.05, 0) is 49.9 Å². The van der Waals surface area contributed by atoms with Gasteiger partial charge in [0.15, 0.2) is 0 Å². The van der Waals surface area contributed by atoms with Crippen LogP contribution in [-0.4, -0.2) is 30.2 Å². The largest absolute Gasteiger partial charge is 0.393 e. The van der Waals surface area contributed by atoms with E-state index in [2.05, 4.69) is 5.32 Å². The van der Waals surface area contributed by atoms with Crippen LogP contribution in [0.25, 0.3) is 0 Å². The number of carbonyl (C=O) groups excluding carboxylic acids is 1. The summed E-state index contributed by atoms with van der Waals surface area (Å²) in [6, 6.07) is 4.98. The normalized spacial score (nSPS) is 19.5. The van der Waals surface area contributed by atoms with Crippen LogP contribution in [0.1, 0.15) is 24.0 Å². The molecule has 1 aromatic rings. The summed E-state index contributed by atoms with van der Waals surface area (Å²) < 4.78 is 38.2. The lowest BCUT2D eigenvalue weighted by molar-refractivity contribution is -0.183. The molecule has 1 saturated heterocycles. The number of hydrogen-bond acceptors (Lipinski definition) is 1. The molecule has 0 bridgehead atoms. The number of alkyl halides is 3. The lowest BCUT2D eigenvalue weighted by Gasteiger charge is -2.33. The van der Waals surface area contributed by atoms with Crippen LogP contribution in [0.5, 0.6) is 0 Å². The Balaban J connectivity index is 2.01. The molecule has 1 heterocycles. The zero-order chi connectivity index (χ0) is 15.6. The number of piperidine rings is 1. The summed E-state index contributed by atoms with van der Waals surface area (Å²) in [4.78, 5) is 13.3.